The second-order valence-corrected chi connectivity index (χ2v) is 17.1. The predicted molar refractivity (Wildman–Crippen MR) is 281 cm³/mol. The number of para-hydroxylation sites is 3. The highest BCUT2D eigenvalue weighted by Crippen LogP contribution is 2.43. The molecule has 320 valence electrons. The number of rotatable bonds is 9. The summed E-state index contributed by atoms with van der Waals surface area (Å²) in [5, 5.41) is 24.1. The van der Waals surface area contributed by atoms with Gasteiger partial charge in [0.1, 0.15) is 0 Å². The van der Waals surface area contributed by atoms with Crippen LogP contribution in [0.1, 0.15) is 24.0 Å². The van der Waals surface area contributed by atoms with Crippen LogP contribution in [0.4, 0.5) is 34.1 Å². The van der Waals surface area contributed by atoms with E-state index in [2.05, 4.69) is 213 Å². The van der Waals surface area contributed by atoms with Crippen LogP contribution in [-0.2, 0) is 0 Å². The average Bonchev–Trinajstić information content (AvgIpc) is 3.92. The molecular weight excluding hydrogens is 829 g/mol. The molecule has 6 nitrogen and oxygen atoms in total. The summed E-state index contributed by atoms with van der Waals surface area (Å²) in [7, 11) is 0. The highest BCUT2D eigenvalue weighted by Gasteiger charge is 2.20. The summed E-state index contributed by atoms with van der Waals surface area (Å²) < 4.78 is 4.71. The van der Waals surface area contributed by atoms with Gasteiger partial charge in [0.2, 0.25) is 0 Å². The summed E-state index contributed by atoms with van der Waals surface area (Å²) in [6, 6.07) is 78.8. The minimum Gasteiger partial charge on any atom is -0.310 e. The van der Waals surface area contributed by atoms with Gasteiger partial charge in [-0.25, -0.2) is 0 Å². The fraction of sp³-hybridized carbons (Fsp3) is 0.0323. The minimum absolute atomic E-state index is 0.616. The van der Waals surface area contributed by atoms with Crippen LogP contribution in [0.25, 0.3) is 66.1 Å². The maximum atomic E-state index is 9.67. The van der Waals surface area contributed by atoms with E-state index in [0.717, 1.165) is 80.2 Å². The first-order valence-electron chi connectivity index (χ1n) is 22.9. The van der Waals surface area contributed by atoms with Crippen molar-refractivity contribution in [2.75, 3.05) is 9.80 Å². The van der Waals surface area contributed by atoms with Crippen LogP contribution in [0, 0.1) is 22.7 Å². The Morgan fingerprint density at radius 2 is 0.779 bits per heavy atom. The van der Waals surface area contributed by atoms with Crippen molar-refractivity contribution in [3.63, 3.8) is 0 Å². The molecule has 0 spiro atoms. The first-order chi connectivity index (χ1) is 33.6. The molecule has 6 heteroatoms. The Balaban J connectivity index is 0.915. The third-order valence-electron chi connectivity index (χ3n) is 13.2. The number of nitrogens with zero attached hydrogens (tertiary/aromatic N) is 6. The first kappa shape index (κ1) is 40.2. The van der Waals surface area contributed by atoms with E-state index in [9.17, 15) is 10.5 Å². The molecule has 2 aromatic heterocycles. The molecule has 0 atom stereocenters. The normalized spacial score (nSPS) is 12.3. The number of hydrogen-bond acceptors (Lipinski definition) is 4. The van der Waals surface area contributed by atoms with Crippen molar-refractivity contribution >= 4 is 83.4 Å². The van der Waals surface area contributed by atoms with Gasteiger partial charge in [-0.3, -0.25) is 0 Å². The van der Waals surface area contributed by atoms with Crippen LogP contribution in [-0.4, -0.2) is 9.13 Å². The number of benzene rings is 9. The van der Waals surface area contributed by atoms with Gasteiger partial charge >= 0.3 is 0 Å². The molecule has 0 radical (unpaired) electrons. The fourth-order valence-electron chi connectivity index (χ4n) is 9.97. The average molecular weight is 871 g/mol. The minimum atomic E-state index is 0.616. The molecule has 1 aliphatic rings. The van der Waals surface area contributed by atoms with Crippen molar-refractivity contribution in [2.24, 2.45) is 0 Å². The van der Waals surface area contributed by atoms with Crippen molar-refractivity contribution in [1.82, 2.24) is 9.13 Å². The number of allylic oxidation sites excluding steroid dienone is 4. The largest absolute Gasteiger partial charge is 0.310 e. The zero-order valence-electron chi connectivity index (χ0n) is 37.0. The lowest BCUT2D eigenvalue weighted by atomic mass is 10.0. The van der Waals surface area contributed by atoms with Crippen molar-refractivity contribution in [2.45, 2.75) is 12.8 Å². The number of fused-ring (bicyclic) bond motifs is 6. The van der Waals surface area contributed by atoms with E-state index in [1.165, 1.54) is 32.9 Å². The smallest absolute Gasteiger partial charge is 0.0991 e. The topological polar surface area (TPSA) is 63.9 Å². The quantitative estimate of drug-likeness (QED) is 0.145. The molecule has 0 aliphatic heterocycles. The van der Waals surface area contributed by atoms with Crippen LogP contribution in [0.5, 0.6) is 0 Å². The molecule has 0 unspecified atom stereocenters. The molecule has 9 aromatic carbocycles. The van der Waals surface area contributed by atoms with Crippen molar-refractivity contribution in [1.29, 1.82) is 10.5 Å². The van der Waals surface area contributed by atoms with Crippen molar-refractivity contribution < 1.29 is 0 Å². The lowest BCUT2D eigenvalue weighted by Gasteiger charge is -2.26. The molecular formula is C62H42N6. The van der Waals surface area contributed by atoms with Gasteiger partial charge < -0.3 is 18.9 Å². The summed E-state index contributed by atoms with van der Waals surface area (Å²) in [6.07, 6.45) is 8.92. The number of anilines is 6. The van der Waals surface area contributed by atoms with E-state index in [0.29, 0.717) is 11.1 Å². The molecule has 0 N–H and O–H groups in total. The Kier molecular flexibility index (Phi) is 9.98. The summed E-state index contributed by atoms with van der Waals surface area (Å²) in [5.41, 5.74) is 16.4. The molecule has 12 rings (SSSR count). The zero-order chi connectivity index (χ0) is 45.6. The van der Waals surface area contributed by atoms with Gasteiger partial charge in [-0.05, 0) is 164 Å². The Hall–Kier alpha value is -9.36. The van der Waals surface area contributed by atoms with Gasteiger partial charge in [-0.1, -0.05) is 91.0 Å². The molecule has 1 aliphatic carbocycles. The SMILES string of the molecule is N#Cc1ccc(N(c2ccc(-c3ccc(N(c4ccc(C#N)cc4)c4ccc5c(c4)c4ccccc4n5-c4ccccc4)cc3)cc2)c2ccc3c(c2)c2ccccc2n3C2=CCCC=C2)cc1. The summed E-state index contributed by atoms with van der Waals surface area (Å²) in [5.74, 6) is 0. The van der Waals surface area contributed by atoms with Crippen LogP contribution in [0.2, 0.25) is 0 Å². The van der Waals surface area contributed by atoms with Gasteiger partial charge in [0.05, 0.1) is 45.3 Å². The maximum absolute atomic E-state index is 9.67. The van der Waals surface area contributed by atoms with E-state index in [1.807, 2.05) is 48.5 Å². The van der Waals surface area contributed by atoms with Crippen LogP contribution in [0.3, 0.4) is 0 Å². The lowest BCUT2D eigenvalue weighted by molar-refractivity contribution is 1.02. The van der Waals surface area contributed by atoms with Gasteiger partial charge in [0.15, 0.2) is 0 Å². The zero-order valence-corrected chi connectivity index (χ0v) is 37.0. The number of aromatic nitrogens is 2. The highest BCUT2D eigenvalue weighted by molar-refractivity contribution is 6.12. The molecule has 0 amide bonds. The predicted octanol–water partition coefficient (Wildman–Crippen LogP) is 16.4. The van der Waals surface area contributed by atoms with Gasteiger partial charge in [0, 0.05) is 67.1 Å². The molecule has 0 bridgehead atoms. The van der Waals surface area contributed by atoms with Crippen molar-refractivity contribution in [3.05, 3.63) is 242 Å². The second kappa shape index (κ2) is 16.9. The fourth-order valence-corrected chi connectivity index (χ4v) is 9.97. The Labute approximate surface area is 394 Å². The molecule has 68 heavy (non-hydrogen) atoms. The number of hydrogen-bond donors (Lipinski definition) is 0. The van der Waals surface area contributed by atoms with Crippen molar-refractivity contribution in [3.8, 4) is 29.0 Å². The third kappa shape index (κ3) is 6.97. The Bertz CT molecular complexity index is 3840. The molecule has 0 fully saturated rings. The van der Waals surface area contributed by atoms with E-state index >= 15 is 0 Å². The van der Waals surface area contributed by atoms with Crippen LogP contribution in [0.15, 0.2) is 231 Å². The van der Waals surface area contributed by atoms with E-state index in [1.54, 1.807) is 0 Å². The monoisotopic (exact) mass is 870 g/mol. The third-order valence-corrected chi connectivity index (χ3v) is 13.2. The van der Waals surface area contributed by atoms with Crippen LogP contribution < -0.4 is 9.80 Å². The standard InChI is InChI=1S/C62H42N6/c63-41-43-19-27-49(28-20-43)65(53-35-37-61-57(39-53)55-15-7-9-17-59(55)67(61)47-11-3-1-4-12-47)51-31-23-45(24-32-51)46-25-33-52(34-26-46)66(50-29-21-44(42-64)22-30-50)54-36-38-62-58(40-54)56-16-8-10-18-60(56)68(62)48-13-5-2-6-14-48/h1,3-5,7-40H,2,6H2. The van der Waals surface area contributed by atoms with Gasteiger partial charge in [-0.2, -0.15) is 10.5 Å². The Morgan fingerprint density at radius 3 is 1.25 bits per heavy atom. The van der Waals surface area contributed by atoms with Gasteiger partial charge in [0.25, 0.3) is 0 Å². The van der Waals surface area contributed by atoms with Gasteiger partial charge in [-0.15, -0.1) is 0 Å². The summed E-state index contributed by atoms with van der Waals surface area (Å²) in [4.78, 5) is 4.53. The molecule has 2 heterocycles. The van der Waals surface area contributed by atoms with Crippen LogP contribution >= 0.6 is 0 Å². The van der Waals surface area contributed by atoms with E-state index in [4.69, 9.17) is 0 Å². The summed E-state index contributed by atoms with van der Waals surface area (Å²) >= 11 is 0. The molecule has 0 saturated carbocycles. The Morgan fingerprint density at radius 1 is 0.368 bits per heavy atom. The molecule has 11 aromatic rings. The molecule has 0 saturated heterocycles. The highest BCUT2D eigenvalue weighted by atomic mass is 15.1. The summed E-state index contributed by atoms with van der Waals surface area (Å²) in [6.45, 7) is 0. The lowest BCUT2D eigenvalue weighted by Crippen LogP contribution is -2.10. The number of nitriles is 2. The maximum Gasteiger partial charge on any atom is 0.0991 e. The first-order valence-corrected chi connectivity index (χ1v) is 22.9. The second-order valence-electron chi connectivity index (χ2n) is 17.1. The van der Waals surface area contributed by atoms with E-state index < -0.39 is 0 Å². The van der Waals surface area contributed by atoms with E-state index in [-0.39, 0.29) is 0 Å².